The van der Waals surface area contributed by atoms with E-state index in [0.29, 0.717) is 24.7 Å². The summed E-state index contributed by atoms with van der Waals surface area (Å²) >= 11 is 0. The lowest BCUT2D eigenvalue weighted by atomic mass is 10.0. The summed E-state index contributed by atoms with van der Waals surface area (Å²) in [5, 5.41) is 3.86. The van der Waals surface area contributed by atoms with Crippen molar-refractivity contribution in [3.63, 3.8) is 0 Å². The van der Waals surface area contributed by atoms with Crippen molar-refractivity contribution in [3.8, 4) is 0 Å². The van der Waals surface area contributed by atoms with Gasteiger partial charge in [0.1, 0.15) is 5.78 Å². The number of hydrogen-bond acceptors (Lipinski definition) is 5. The molecule has 0 bridgehead atoms. The normalized spacial score (nSPS) is 16.9. The van der Waals surface area contributed by atoms with Crippen molar-refractivity contribution < 1.29 is 9.32 Å². The zero-order chi connectivity index (χ0) is 12.3. The Labute approximate surface area is 101 Å². The van der Waals surface area contributed by atoms with Crippen LogP contribution in [0.15, 0.2) is 4.52 Å². The summed E-state index contributed by atoms with van der Waals surface area (Å²) in [6.07, 6.45) is 4.69. The van der Waals surface area contributed by atoms with E-state index in [4.69, 9.17) is 4.52 Å². The van der Waals surface area contributed by atoms with E-state index in [2.05, 4.69) is 10.1 Å². The SMILES string of the molecule is CN(C)Cc1noc(CC(=O)C2CCCC2)n1. The standard InChI is InChI=1S/C12H19N3O2/c1-15(2)8-11-13-12(17-14-11)7-10(16)9-5-3-4-6-9/h9H,3-8H2,1-2H3. The number of carbonyl (C=O) groups excluding carboxylic acids is 1. The summed E-state index contributed by atoms with van der Waals surface area (Å²) in [6.45, 7) is 0.640. The number of carbonyl (C=O) groups is 1. The highest BCUT2D eigenvalue weighted by Gasteiger charge is 2.24. The molecule has 1 aliphatic carbocycles. The number of ketones is 1. The Balaban J connectivity index is 1.89. The zero-order valence-corrected chi connectivity index (χ0v) is 10.5. The summed E-state index contributed by atoms with van der Waals surface area (Å²) in [7, 11) is 3.89. The van der Waals surface area contributed by atoms with E-state index in [9.17, 15) is 4.79 Å². The minimum absolute atomic E-state index is 0.221. The van der Waals surface area contributed by atoms with Crippen molar-refractivity contribution in [1.82, 2.24) is 15.0 Å². The summed E-state index contributed by atoms with van der Waals surface area (Å²) in [4.78, 5) is 18.1. The molecule has 94 valence electrons. The lowest BCUT2D eigenvalue weighted by molar-refractivity contribution is -0.122. The first-order chi connectivity index (χ1) is 8.15. The second-order valence-electron chi connectivity index (χ2n) is 4.97. The Hall–Kier alpha value is -1.23. The zero-order valence-electron chi connectivity index (χ0n) is 10.5. The molecule has 1 heterocycles. The Bertz CT molecular complexity index is 381. The average molecular weight is 237 g/mol. The van der Waals surface area contributed by atoms with Gasteiger partial charge in [0.25, 0.3) is 0 Å². The highest BCUT2D eigenvalue weighted by atomic mass is 16.5. The van der Waals surface area contributed by atoms with E-state index >= 15 is 0 Å². The summed E-state index contributed by atoms with van der Waals surface area (Å²) < 4.78 is 5.09. The Morgan fingerprint density at radius 3 is 2.76 bits per heavy atom. The van der Waals surface area contributed by atoms with Crippen molar-refractivity contribution in [2.24, 2.45) is 5.92 Å². The molecule has 0 radical (unpaired) electrons. The van der Waals surface area contributed by atoms with Crippen molar-refractivity contribution in [2.45, 2.75) is 38.6 Å². The Kier molecular flexibility index (Phi) is 3.89. The van der Waals surface area contributed by atoms with Crippen LogP contribution in [0.2, 0.25) is 0 Å². The van der Waals surface area contributed by atoms with Crippen molar-refractivity contribution >= 4 is 5.78 Å². The van der Waals surface area contributed by atoms with Crippen LogP contribution in [0.3, 0.4) is 0 Å². The predicted octanol–water partition coefficient (Wildman–Crippen LogP) is 1.43. The molecule has 1 aliphatic rings. The van der Waals surface area contributed by atoms with Gasteiger partial charge in [-0.2, -0.15) is 4.98 Å². The molecular weight excluding hydrogens is 218 g/mol. The van der Waals surface area contributed by atoms with Crippen molar-refractivity contribution in [1.29, 1.82) is 0 Å². The van der Waals surface area contributed by atoms with Crippen LogP contribution < -0.4 is 0 Å². The third-order valence-electron chi connectivity index (χ3n) is 3.10. The molecule has 17 heavy (non-hydrogen) atoms. The van der Waals surface area contributed by atoms with Gasteiger partial charge in [0.05, 0.1) is 13.0 Å². The maximum atomic E-state index is 11.9. The minimum Gasteiger partial charge on any atom is -0.339 e. The van der Waals surface area contributed by atoms with Gasteiger partial charge in [-0.1, -0.05) is 18.0 Å². The molecule has 1 aromatic heterocycles. The molecule has 1 aromatic rings. The van der Waals surface area contributed by atoms with E-state index in [1.165, 1.54) is 12.8 Å². The molecule has 0 spiro atoms. The van der Waals surface area contributed by atoms with Crippen molar-refractivity contribution in [2.75, 3.05) is 14.1 Å². The van der Waals surface area contributed by atoms with Crippen LogP contribution >= 0.6 is 0 Å². The molecule has 0 aliphatic heterocycles. The Morgan fingerprint density at radius 1 is 1.41 bits per heavy atom. The molecule has 0 unspecified atom stereocenters. The number of Topliss-reactive ketones (excluding diaryl/α,β-unsaturated/α-hetero) is 1. The summed E-state index contributed by atoms with van der Waals surface area (Å²) in [6, 6.07) is 0. The van der Waals surface area contributed by atoms with Gasteiger partial charge in [0.2, 0.25) is 5.89 Å². The highest BCUT2D eigenvalue weighted by Crippen LogP contribution is 2.26. The molecule has 5 heteroatoms. The van der Waals surface area contributed by atoms with Crippen LogP contribution in [0.4, 0.5) is 0 Å². The number of aromatic nitrogens is 2. The van der Waals surface area contributed by atoms with Gasteiger partial charge in [0.15, 0.2) is 5.82 Å². The van der Waals surface area contributed by atoms with Gasteiger partial charge in [0, 0.05) is 5.92 Å². The molecule has 0 amide bonds. The molecule has 0 N–H and O–H groups in total. The van der Waals surface area contributed by atoms with Crippen LogP contribution in [-0.2, 0) is 17.8 Å². The predicted molar refractivity (Wildman–Crippen MR) is 62.4 cm³/mol. The van der Waals surface area contributed by atoms with E-state index in [1.807, 2.05) is 19.0 Å². The van der Waals surface area contributed by atoms with E-state index in [0.717, 1.165) is 12.8 Å². The van der Waals surface area contributed by atoms with Crippen LogP contribution in [0.1, 0.15) is 37.4 Å². The molecule has 0 aromatic carbocycles. The fourth-order valence-corrected chi connectivity index (χ4v) is 2.25. The molecular formula is C12H19N3O2. The maximum absolute atomic E-state index is 11.9. The summed E-state index contributed by atoms with van der Waals surface area (Å²) in [5.41, 5.74) is 0. The van der Waals surface area contributed by atoms with Crippen molar-refractivity contribution in [3.05, 3.63) is 11.7 Å². The summed E-state index contributed by atoms with van der Waals surface area (Å²) in [5.74, 6) is 1.57. The van der Waals surface area contributed by atoms with Crippen LogP contribution in [0, 0.1) is 5.92 Å². The molecule has 1 fully saturated rings. The Morgan fingerprint density at radius 2 is 2.12 bits per heavy atom. The number of hydrogen-bond donors (Lipinski definition) is 0. The first-order valence-electron chi connectivity index (χ1n) is 6.14. The number of nitrogens with zero attached hydrogens (tertiary/aromatic N) is 3. The first-order valence-corrected chi connectivity index (χ1v) is 6.14. The maximum Gasteiger partial charge on any atom is 0.234 e. The van der Waals surface area contributed by atoms with E-state index < -0.39 is 0 Å². The van der Waals surface area contributed by atoms with E-state index in [1.54, 1.807) is 0 Å². The third-order valence-corrected chi connectivity index (χ3v) is 3.10. The van der Waals surface area contributed by atoms with Crippen LogP contribution in [0.5, 0.6) is 0 Å². The molecule has 0 atom stereocenters. The van der Waals surface area contributed by atoms with Gasteiger partial charge in [-0.3, -0.25) is 4.79 Å². The molecule has 1 saturated carbocycles. The number of rotatable bonds is 5. The monoisotopic (exact) mass is 237 g/mol. The third kappa shape index (κ3) is 3.36. The minimum atomic E-state index is 0.221. The average Bonchev–Trinajstić information content (AvgIpc) is 2.87. The lowest BCUT2D eigenvalue weighted by Crippen LogP contribution is -2.14. The molecule has 5 nitrogen and oxygen atoms in total. The molecule has 2 rings (SSSR count). The first kappa shape index (κ1) is 12.2. The molecule has 0 saturated heterocycles. The fourth-order valence-electron chi connectivity index (χ4n) is 2.25. The highest BCUT2D eigenvalue weighted by molar-refractivity contribution is 5.82. The van der Waals surface area contributed by atoms with Gasteiger partial charge < -0.3 is 9.42 Å². The van der Waals surface area contributed by atoms with Gasteiger partial charge in [-0.25, -0.2) is 0 Å². The topological polar surface area (TPSA) is 59.2 Å². The smallest absolute Gasteiger partial charge is 0.234 e. The largest absolute Gasteiger partial charge is 0.339 e. The fraction of sp³-hybridized carbons (Fsp3) is 0.750. The van der Waals surface area contributed by atoms with Gasteiger partial charge >= 0.3 is 0 Å². The second-order valence-corrected chi connectivity index (χ2v) is 4.97. The second kappa shape index (κ2) is 5.40. The van der Waals surface area contributed by atoms with Gasteiger partial charge in [-0.05, 0) is 26.9 Å². The van der Waals surface area contributed by atoms with E-state index in [-0.39, 0.29) is 11.7 Å². The van der Waals surface area contributed by atoms with Gasteiger partial charge in [-0.15, -0.1) is 0 Å². The quantitative estimate of drug-likeness (QED) is 0.775. The lowest BCUT2D eigenvalue weighted by Gasteiger charge is -2.04. The van der Waals surface area contributed by atoms with Crippen LogP contribution in [-0.4, -0.2) is 34.9 Å². The van der Waals surface area contributed by atoms with Crippen LogP contribution in [0.25, 0.3) is 0 Å².